The molecule has 1 aliphatic rings. The molecule has 4 heterocycles. The Balaban J connectivity index is 0.00000771. The number of primary amides is 2. The number of fused-ring (bicyclic) bond motifs is 2. The summed E-state index contributed by atoms with van der Waals surface area (Å²) in [4.78, 5) is 65.9. The first kappa shape index (κ1) is 48.2. The number of nitrogens with one attached hydrogen (secondary N) is 1. The topological polar surface area (TPSA) is 232 Å². The van der Waals surface area contributed by atoms with E-state index in [1.165, 1.54) is 13.2 Å². The maximum atomic E-state index is 13.8. The summed E-state index contributed by atoms with van der Waals surface area (Å²) in [5.41, 5.74) is 16.3. The fourth-order valence-electron chi connectivity index (χ4n) is 7.60. The zero-order chi connectivity index (χ0) is 45.4. The van der Waals surface area contributed by atoms with E-state index in [9.17, 15) is 19.2 Å². The second kappa shape index (κ2) is 21.5. The van der Waals surface area contributed by atoms with Crippen LogP contribution in [0.15, 0.2) is 53.5 Å². The van der Waals surface area contributed by atoms with Crippen LogP contribution in [0.2, 0.25) is 0 Å². The van der Waals surface area contributed by atoms with E-state index in [-0.39, 0.29) is 44.0 Å². The third-order valence-corrected chi connectivity index (χ3v) is 10.7. The number of aliphatic imine (C=N–C) groups is 1. The van der Waals surface area contributed by atoms with Crippen molar-refractivity contribution in [2.75, 3.05) is 63.8 Å². The summed E-state index contributed by atoms with van der Waals surface area (Å²) in [6, 6.07) is 9.82. The van der Waals surface area contributed by atoms with E-state index >= 15 is 0 Å². The Kier molecular flexibility index (Phi) is 16.2. The first-order valence-electron chi connectivity index (χ1n) is 20.9. The minimum atomic E-state index is -0.662. The van der Waals surface area contributed by atoms with Crippen LogP contribution in [-0.4, -0.2) is 117 Å². The number of aromatic nitrogens is 6. The van der Waals surface area contributed by atoms with E-state index in [0.717, 1.165) is 25.2 Å². The predicted molar refractivity (Wildman–Crippen MR) is 246 cm³/mol. The highest BCUT2D eigenvalue weighted by molar-refractivity contribution is 6.14. The molecule has 4 amide bonds. The monoisotopic (exact) mass is 880 g/mol. The number of benzene rings is 2. The number of ether oxygens (including phenoxy) is 3. The second-order valence-electron chi connectivity index (χ2n) is 15.0. The highest BCUT2D eigenvalue weighted by Crippen LogP contribution is 2.40. The molecule has 19 heteroatoms. The number of methoxy groups -OCH3 is 2. The molecule has 0 radical (unpaired) electrons. The van der Waals surface area contributed by atoms with Crippen molar-refractivity contribution >= 4 is 52.1 Å². The lowest BCUT2D eigenvalue weighted by molar-refractivity contribution is 0.0986. The number of rotatable bonds is 21. The molecule has 2 aromatic carbocycles. The predicted octanol–water partition coefficient (Wildman–Crippen LogP) is 4.78. The van der Waals surface area contributed by atoms with E-state index in [1.807, 2.05) is 44.7 Å². The number of hydrogen-bond acceptors (Lipinski definition) is 11. The van der Waals surface area contributed by atoms with Gasteiger partial charge in [0.2, 0.25) is 17.8 Å². The molecule has 0 aliphatic carbocycles. The number of amidine groups is 1. The molecule has 1 aliphatic heterocycles. The van der Waals surface area contributed by atoms with E-state index in [4.69, 9.17) is 30.7 Å². The van der Waals surface area contributed by atoms with E-state index in [0.29, 0.717) is 89.6 Å². The number of hydrogen-bond donors (Lipinski definition) is 3. The Bertz CT molecular complexity index is 2570. The largest absolute Gasteiger partial charge is 0.494 e. The van der Waals surface area contributed by atoms with Crippen molar-refractivity contribution in [1.29, 1.82) is 0 Å². The molecule has 0 saturated carbocycles. The van der Waals surface area contributed by atoms with Crippen LogP contribution in [-0.2, 0) is 30.8 Å². The number of allylic oxidation sites excluding steroid dienone is 1. The third-order valence-electron chi connectivity index (χ3n) is 10.7. The van der Waals surface area contributed by atoms with Crippen LogP contribution < -0.4 is 31.2 Å². The summed E-state index contributed by atoms with van der Waals surface area (Å²) >= 11 is 0. The van der Waals surface area contributed by atoms with Gasteiger partial charge in [-0.05, 0) is 82.6 Å². The molecular formula is C45H60N12O7. The normalized spacial score (nSPS) is 12.9. The SMILES string of the molecule is C.CCN(CCCOc1cc(C(N)=O)cc2c1N(C/C=C/Cn1c(NC(=O)c3cc(C)nn3CC)nc3cc(C(N)=O)cc(OC)c31)C(=NC(=O)c1cc(C)nn1CC)C2)CCOC. The van der Waals surface area contributed by atoms with Gasteiger partial charge in [0, 0.05) is 63.9 Å². The van der Waals surface area contributed by atoms with Crippen molar-refractivity contribution in [1.82, 2.24) is 34.0 Å². The van der Waals surface area contributed by atoms with Crippen molar-refractivity contribution in [3.8, 4) is 11.5 Å². The summed E-state index contributed by atoms with van der Waals surface area (Å²) < 4.78 is 22.4. The molecule has 6 rings (SSSR count). The van der Waals surface area contributed by atoms with Gasteiger partial charge in [-0.25, -0.2) is 4.98 Å². The zero-order valence-electron chi connectivity index (χ0n) is 36.9. The fourth-order valence-corrected chi connectivity index (χ4v) is 7.60. The van der Waals surface area contributed by atoms with Gasteiger partial charge in [-0.1, -0.05) is 26.5 Å². The molecule has 0 fully saturated rings. The van der Waals surface area contributed by atoms with Gasteiger partial charge in [-0.2, -0.15) is 15.2 Å². The molecule has 5 N–H and O–H groups in total. The van der Waals surface area contributed by atoms with E-state index in [1.54, 1.807) is 51.4 Å². The van der Waals surface area contributed by atoms with Gasteiger partial charge in [-0.3, -0.25) is 33.9 Å². The molecular weight excluding hydrogens is 821 g/mol. The number of carbonyl (C=O) groups excluding carboxylic acids is 4. The van der Waals surface area contributed by atoms with Crippen LogP contribution in [0.1, 0.15) is 93.3 Å². The number of nitrogens with two attached hydrogens (primary N) is 2. The Morgan fingerprint density at radius 1 is 0.844 bits per heavy atom. The number of likely N-dealkylation sites (N-methyl/N-ethyl adjacent to an activating group) is 1. The van der Waals surface area contributed by atoms with Crippen molar-refractivity contribution in [2.24, 2.45) is 16.5 Å². The van der Waals surface area contributed by atoms with Crippen molar-refractivity contribution < 1.29 is 33.4 Å². The Morgan fingerprint density at radius 3 is 2.12 bits per heavy atom. The number of carbonyl (C=O) groups is 4. The molecule has 0 spiro atoms. The summed E-state index contributed by atoms with van der Waals surface area (Å²) in [5, 5.41) is 11.8. The number of imidazole rings is 1. The van der Waals surface area contributed by atoms with Crippen LogP contribution in [0, 0.1) is 13.8 Å². The molecule has 0 bridgehead atoms. The zero-order valence-corrected chi connectivity index (χ0v) is 36.9. The van der Waals surface area contributed by atoms with Crippen LogP contribution in [0.5, 0.6) is 11.5 Å². The van der Waals surface area contributed by atoms with Crippen molar-refractivity contribution in [3.05, 3.63) is 88.0 Å². The number of amides is 4. The van der Waals surface area contributed by atoms with Gasteiger partial charge in [-0.15, -0.1) is 0 Å². The number of aryl methyl sites for hydroxylation is 4. The smallest absolute Gasteiger partial charge is 0.296 e. The highest BCUT2D eigenvalue weighted by Gasteiger charge is 2.31. The minimum Gasteiger partial charge on any atom is -0.494 e. The fraction of sp³-hybridized carbons (Fsp3) is 0.422. The first-order chi connectivity index (χ1) is 30.3. The van der Waals surface area contributed by atoms with Gasteiger partial charge < -0.3 is 40.0 Å². The average Bonchev–Trinajstić information content (AvgIpc) is 4.03. The molecule has 19 nitrogen and oxygen atoms in total. The highest BCUT2D eigenvalue weighted by atomic mass is 16.5. The summed E-state index contributed by atoms with van der Waals surface area (Å²) in [5.74, 6) is -0.767. The van der Waals surface area contributed by atoms with Crippen molar-refractivity contribution in [2.45, 2.75) is 74.5 Å². The van der Waals surface area contributed by atoms with Gasteiger partial charge in [0.1, 0.15) is 34.2 Å². The van der Waals surface area contributed by atoms with Crippen molar-refractivity contribution in [3.63, 3.8) is 0 Å². The molecule has 5 aromatic rings. The summed E-state index contributed by atoms with van der Waals surface area (Å²) in [7, 11) is 3.15. The maximum absolute atomic E-state index is 13.8. The molecule has 3 aromatic heterocycles. The lowest BCUT2D eigenvalue weighted by Gasteiger charge is -2.23. The van der Waals surface area contributed by atoms with E-state index < -0.39 is 23.6 Å². The van der Waals surface area contributed by atoms with Gasteiger partial charge in [0.15, 0.2) is 0 Å². The molecule has 0 unspecified atom stereocenters. The minimum absolute atomic E-state index is 0. The lowest BCUT2D eigenvalue weighted by atomic mass is 10.1. The molecule has 64 heavy (non-hydrogen) atoms. The maximum Gasteiger partial charge on any atom is 0.296 e. The van der Waals surface area contributed by atoms with Crippen LogP contribution in [0.4, 0.5) is 11.6 Å². The Hall–Kier alpha value is -6.86. The third kappa shape index (κ3) is 10.7. The second-order valence-corrected chi connectivity index (χ2v) is 15.0. The standard InChI is InChI=1S/C44H56N12O7.CH4/c1-8-52(17-19-61-6)14-13-18-63-36-25-30(40(45)57)22-29-26-37(48-42(59)33-20-27(4)50-55(33)9-2)53(38(29)36)15-11-12-16-54-39-32(23-31(41(46)58)24-35(39)62-7)47-44(54)49-43(60)34-21-28(5)51-56(34)10-3;/h11-12,20-25H,8-10,13-19,26H2,1-7H3,(H2,45,57)(H2,46,58)(H,47,49,60);1H4/b12-11+,48-37?;. The lowest BCUT2D eigenvalue weighted by Crippen LogP contribution is -2.30. The summed E-state index contributed by atoms with van der Waals surface area (Å²) in [6.07, 6.45) is 4.70. The molecule has 0 saturated heterocycles. The van der Waals surface area contributed by atoms with Gasteiger partial charge in [0.05, 0.1) is 42.9 Å². The average molecular weight is 881 g/mol. The van der Waals surface area contributed by atoms with Gasteiger partial charge in [0.25, 0.3) is 11.8 Å². The molecule has 0 atom stereocenters. The first-order valence-corrected chi connectivity index (χ1v) is 20.9. The van der Waals surface area contributed by atoms with Crippen LogP contribution in [0.3, 0.4) is 0 Å². The number of anilines is 2. The number of nitrogens with zero attached hydrogens (tertiary/aromatic N) is 9. The van der Waals surface area contributed by atoms with Crippen LogP contribution in [0.25, 0.3) is 11.0 Å². The summed E-state index contributed by atoms with van der Waals surface area (Å²) in [6.45, 7) is 14.3. The van der Waals surface area contributed by atoms with E-state index in [2.05, 4.69) is 32.3 Å². The molecule has 342 valence electrons. The Morgan fingerprint density at radius 2 is 1.48 bits per heavy atom. The van der Waals surface area contributed by atoms with Crippen LogP contribution >= 0.6 is 0 Å². The van der Waals surface area contributed by atoms with Gasteiger partial charge >= 0.3 is 0 Å². The Labute approximate surface area is 373 Å². The quantitative estimate of drug-likeness (QED) is 0.0668.